The van der Waals surface area contributed by atoms with Gasteiger partial charge in [-0.15, -0.1) is 0 Å². The van der Waals surface area contributed by atoms with E-state index in [-0.39, 0.29) is 12.1 Å². The Balaban J connectivity index is 1.88. The average Bonchev–Trinajstić information content (AvgIpc) is 2.49. The number of nitrogens with zero attached hydrogens (tertiary/aromatic N) is 2. The van der Waals surface area contributed by atoms with E-state index >= 15 is 0 Å². The SMILES string of the molecule is CC(C)NC(=O)N(CCN1CCOCC1)C1CCOCC1. The number of rotatable bonds is 5. The number of carbonyl (C=O) groups excluding carboxylic acids is 1. The Hall–Kier alpha value is -0.850. The van der Waals surface area contributed by atoms with Gasteiger partial charge < -0.3 is 19.7 Å². The van der Waals surface area contributed by atoms with Gasteiger partial charge in [0, 0.05) is 51.5 Å². The molecule has 2 heterocycles. The summed E-state index contributed by atoms with van der Waals surface area (Å²) in [5, 5.41) is 3.03. The summed E-state index contributed by atoms with van der Waals surface area (Å²) >= 11 is 0. The van der Waals surface area contributed by atoms with Crippen LogP contribution in [0.5, 0.6) is 0 Å². The van der Waals surface area contributed by atoms with Gasteiger partial charge in [0.05, 0.1) is 13.2 Å². The number of carbonyl (C=O) groups is 1. The van der Waals surface area contributed by atoms with E-state index in [1.165, 1.54) is 0 Å². The lowest BCUT2D eigenvalue weighted by Gasteiger charge is -2.37. The van der Waals surface area contributed by atoms with Crippen molar-refractivity contribution in [2.45, 2.75) is 38.8 Å². The molecular weight excluding hydrogens is 270 g/mol. The summed E-state index contributed by atoms with van der Waals surface area (Å²) in [7, 11) is 0. The zero-order chi connectivity index (χ0) is 15.1. The zero-order valence-electron chi connectivity index (χ0n) is 13.3. The Labute approximate surface area is 127 Å². The first-order valence-corrected chi connectivity index (χ1v) is 8.12. The van der Waals surface area contributed by atoms with Gasteiger partial charge in [-0.1, -0.05) is 0 Å². The molecular formula is C15H29N3O3. The van der Waals surface area contributed by atoms with Crippen LogP contribution in [0.15, 0.2) is 0 Å². The summed E-state index contributed by atoms with van der Waals surface area (Å²) in [6.45, 7) is 10.8. The second-order valence-electron chi connectivity index (χ2n) is 6.10. The summed E-state index contributed by atoms with van der Waals surface area (Å²) in [5.74, 6) is 0. The fourth-order valence-corrected chi connectivity index (χ4v) is 2.85. The summed E-state index contributed by atoms with van der Waals surface area (Å²) < 4.78 is 10.8. The third-order valence-corrected chi connectivity index (χ3v) is 4.07. The van der Waals surface area contributed by atoms with Crippen LogP contribution < -0.4 is 5.32 Å². The Morgan fingerprint density at radius 2 is 1.81 bits per heavy atom. The van der Waals surface area contributed by atoms with Crippen molar-refractivity contribution in [3.05, 3.63) is 0 Å². The largest absolute Gasteiger partial charge is 0.381 e. The van der Waals surface area contributed by atoms with Gasteiger partial charge in [-0.3, -0.25) is 4.90 Å². The molecule has 1 N–H and O–H groups in total. The molecule has 0 bridgehead atoms. The second kappa shape index (κ2) is 8.56. The van der Waals surface area contributed by atoms with Gasteiger partial charge in [-0.2, -0.15) is 0 Å². The van der Waals surface area contributed by atoms with Gasteiger partial charge in [0.15, 0.2) is 0 Å². The molecule has 2 aliphatic heterocycles. The molecule has 2 fully saturated rings. The van der Waals surface area contributed by atoms with E-state index in [4.69, 9.17) is 9.47 Å². The van der Waals surface area contributed by atoms with Crippen LogP contribution in [-0.2, 0) is 9.47 Å². The van der Waals surface area contributed by atoms with Gasteiger partial charge in [0.2, 0.25) is 0 Å². The molecule has 6 heteroatoms. The predicted octanol–water partition coefficient (Wildman–Crippen LogP) is 0.918. The van der Waals surface area contributed by atoms with E-state index < -0.39 is 0 Å². The molecule has 0 radical (unpaired) electrons. The quantitative estimate of drug-likeness (QED) is 0.820. The number of nitrogens with one attached hydrogen (secondary N) is 1. The van der Waals surface area contributed by atoms with Crippen LogP contribution in [0.1, 0.15) is 26.7 Å². The number of morpholine rings is 1. The Kier molecular flexibility index (Phi) is 6.73. The topological polar surface area (TPSA) is 54.0 Å². The molecule has 0 aromatic carbocycles. The van der Waals surface area contributed by atoms with Gasteiger partial charge >= 0.3 is 6.03 Å². The zero-order valence-corrected chi connectivity index (χ0v) is 13.3. The molecule has 0 atom stereocenters. The van der Waals surface area contributed by atoms with E-state index in [0.717, 1.165) is 65.4 Å². The highest BCUT2D eigenvalue weighted by molar-refractivity contribution is 5.74. The summed E-state index contributed by atoms with van der Waals surface area (Å²) in [4.78, 5) is 16.8. The highest BCUT2D eigenvalue weighted by atomic mass is 16.5. The minimum atomic E-state index is 0.0603. The minimum absolute atomic E-state index is 0.0603. The van der Waals surface area contributed by atoms with Crippen molar-refractivity contribution in [3.8, 4) is 0 Å². The number of ether oxygens (including phenoxy) is 2. The van der Waals surface area contributed by atoms with Crippen LogP contribution in [0.4, 0.5) is 4.79 Å². The van der Waals surface area contributed by atoms with Crippen molar-refractivity contribution >= 4 is 6.03 Å². The van der Waals surface area contributed by atoms with Crippen LogP contribution in [0.3, 0.4) is 0 Å². The Morgan fingerprint density at radius 3 is 2.43 bits per heavy atom. The van der Waals surface area contributed by atoms with Crippen molar-refractivity contribution < 1.29 is 14.3 Å². The van der Waals surface area contributed by atoms with Crippen molar-refractivity contribution in [2.75, 3.05) is 52.6 Å². The molecule has 2 rings (SSSR count). The number of hydrogen-bond acceptors (Lipinski definition) is 4. The van der Waals surface area contributed by atoms with E-state index in [1.54, 1.807) is 0 Å². The van der Waals surface area contributed by atoms with Crippen molar-refractivity contribution in [1.82, 2.24) is 15.1 Å². The maximum atomic E-state index is 12.5. The molecule has 0 unspecified atom stereocenters. The van der Waals surface area contributed by atoms with Crippen LogP contribution in [0, 0.1) is 0 Å². The van der Waals surface area contributed by atoms with Gasteiger partial charge in [-0.05, 0) is 26.7 Å². The maximum absolute atomic E-state index is 12.5. The summed E-state index contributed by atoms with van der Waals surface area (Å²) in [6, 6.07) is 0.534. The third-order valence-electron chi connectivity index (χ3n) is 4.07. The summed E-state index contributed by atoms with van der Waals surface area (Å²) in [5.41, 5.74) is 0. The summed E-state index contributed by atoms with van der Waals surface area (Å²) in [6.07, 6.45) is 1.88. The Morgan fingerprint density at radius 1 is 1.19 bits per heavy atom. The molecule has 122 valence electrons. The highest BCUT2D eigenvalue weighted by Crippen LogP contribution is 2.15. The standard InChI is InChI=1S/C15H29N3O3/c1-13(2)16-15(19)18(14-3-9-20-10-4-14)6-5-17-7-11-21-12-8-17/h13-14H,3-12H2,1-2H3,(H,16,19). The number of amides is 2. The molecule has 2 aliphatic rings. The monoisotopic (exact) mass is 299 g/mol. The Bertz CT molecular complexity index is 313. The van der Waals surface area contributed by atoms with Crippen molar-refractivity contribution in [2.24, 2.45) is 0 Å². The van der Waals surface area contributed by atoms with Crippen molar-refractivity contribution in [1.29, 1.82) is 0 Å². The molecule has 0 saturated carbocycles. The molecule has 0 aromatic heterocycles. The molecule has 2 saturated heterocycles. The lowest BCUT2D eigenvalue weighted by molar-refractivity contribution is 0.0225. The van der Waals surface area contributed by atoms with Crippen LogP contribution in [0.2, 0.25) is 0 Å². The molecule has 0 spiro atoms. The van der Waals surface area contributed by atoms with Crippen LogP contribution in [0.25, 0.3) is 0 Å². The number of urea groups is 1. The van der Waals surface area contributed by atoms with E-state index in [1.807, 2.05) is 18.7 Å². The fraction of sp³-hybridized carbons (Fsp3) is 0.933. The maximum Gasteiger partial charge on any atom is 0.317 e. The smallest absolute Gasteiger partial charge is 0.317 e. The van der Waals surface area contributed by atoms with E-state index in [9.17, 15) is 4.79 Å². The molecule has 21 heavy (non-hydrogen) atoms. The van der Waals surface area contributed by atoms with Gasteiger partial charge in [0.25, 0.3) is 0 Å². The highest BCUT2D eigenvalue weighted by Gasteiger charge is 2.26. The van der Waals surface area contributed by atoms with E-state index in [0.29, 0.717) is 6.04 Å². The first-order chi connectivity index (χ1) is 10.2. The number of hydrogen-bond donors (Lipinski definition) is 1. The first kappa shape index (κ1) is 16.5. The van der Waals surface area contributed by atoms with Crippen LogP contribution in [-0.4, -0.2) is 80.5 Å². The normalized spacial score (nSPS) is 21.5. The van der Waals surface area contributed by atoms with E-state index in [2.05, 4.69) is 10.2 Å². The van der Waals surface area contributed by atoms with Gasteiger partial charge in [0.1, 0.15) is 0 Å². The van der Waals surface area contributed by atoms with Gasteiger partial charge in [-0.25, -0.2) is 4.79 Å². The fourth-order valence-electron chi connectivity index (χ4n) is 2.85. The molecule has 2 amide bonds. The average molecular weight is 299 g/mol. The third kappa shape index (κ3) is 5.45. The molecule has 0 aliphatic carbocycles. The molecule has 0 aromatic rings. The first-order valence-electron chi connectivity index (χ1n) is 8.12. The lowest BCUT2D eigenvalue weighted by Crippen LogP contribution is -2.52. The van der Waals surface area contributed by atoms with Crippen molar-refractivity contribution in [3.63, 3.8) is 0 Å². The second-order valence-corrected chi connectivity index (χ2v) is 6.10. The lowest BCUT2D eigenvalue weighted by atomic mass is 10.1. The predicted molar refractivity (Wildman–Crippen MR) is 81.5 cm³/mol. The minimum Gasteiger partial charge on any atom is -0.381 e. The van der Waals surface area contributed by atoms with Crippen LogP contribution >= 0.6 is 0 Å². The molecule has 6 nitrogen and oxygen atoms in total.